The first-order valence-corrected chi connectivity index (χ1v) is 0. The van der Waals surface area contributed by atoms with Crippen LogP contribution >= 0.6 is 0 Å². The van der Waals surface area contributed by atoms with E-state index in [9.17, 15) is 0 Å². The summed E-state index contributed by atoms with van der Waals surface area (Å²) in [4.78, 5) is 0. The zero-order valence-electron chi connectivity index (χ0n) is 1.71. The van der Waals surface area contributed by atoms with Crippen molar-refractivity contribution in [3.8, 4) is 0 Å². The Bertz CT molecular complexity index is 3.25. The molecule has 0 atom stereocenters. The van der Waals surface area contributed by atoms with E-state index in [1.807, 2.05) is 0 Å². The molecule has 0 aromatic rings. The maximum Gasteiger partial charge on any atom is 3.00 e. The van der Waals surface area contributed by atoms with Crippen molar-refractivity contribution in [2.24, 2.45) is 0 Å². The van der Waals surface area contributed by atoms with Gasteiger partial charge in [-0.3, -0.25) is 0 Å². The van der Waals surface area contributed by atoms with Gasteiger partial charge >= 0.3 is 25.8 Å². The molecule has 0 saturated heterocycles. The molecule has 0 aliphatic heterocycles. The third kappa shape index (κ3) is 9.27. The Morgan fingerprint density at radius 3 is 0.500 bits per heavy atom. The van der Waals surface area contributed by atoms with Gasteiger partial charge in [-0.1, -0.05) is 0 Å². The Labute approximate surface area is 62.7 Å². The average Bonchev–Trinajstić information content (AvgIpc) is 0. The standard InChI is InChI=1S/3ClH.In/h3*1H;/q;;;+3/p-3/i;;;1-2. The van der Waals surface area contributed by atoms with E-state index in [1.54, 1.807) is 0 Å². The Hall–Kier alpha value is 1.74. The Morgan fingerprint density at radius 1 is 0.500 bits per heavy atom. The van der Waals surface area contributed by atoms with Gasteiger partial charge in [0, 0.05) is 0 Å². The summed E-state index contributed by atoms with van der Waals surface area (Å²) < 4.78 is 0. The second kappa shape index (κ2) is 21.9. The molecule has 0 aliphatic rings. The van der Waals surface area contributed by atoms with Crippen molar-refractivity contribution in [3.63, 3.8) is 0 Å². The van der Waals surface area contributed by atoms with Crippen molar-refractivity contribution in [2.45, 2.75) is 0 Å². The molecule has 0 nitrogen and oxygen atoms in total. The van der Waals surface area contributed by atoms with Crippen LogP contribution in [0.1, 0.15) is 0 Å². The molecular formula is Cl3In. The summed E-state index contributed by atoms with van der Waals surface area (Å²) in [6.45, 7) is 0. The second-order valence-corrected chi connectivity index (χ2v) is 0. The molecule has 0 radical (unpaired) electrons. The fourth-order valence-corrected chi connectivity index (χ4v) is 0. The maximum absolute atomic E-state index is 0. The van der Waals surface area contributed by atoms with Crippen LogP contribution in [0.2, 0.25) is 0 Å². The number of hydrogen-bond donors (Lipinski definition) is 0. The van der Waals surface area contributed by atoms with E-state index in [2.05, 4.69) is 0 Å². The van der Waals surface area contributed by atoms with E-state index in [0.717, 1.165) is 0 Å². The summed E-state index contributed by atoms with van der Waals surface area (Å²) in [6, 6.07) is 0. The fourth-order valence-electron chi connectivity index (χ4n) is 0. The third-order valence-corrected chi connectivity index (χ3v) is 0. The van der Waals surface area contributed by atoms with Crippen LogP contribution in [-0.2, 0) is 0 Å². The summed E-state index contributed by atoms with van der Waals surface area (Å²) in [5.74, 6) is 0. The van der Waals surface area contributed by atoms with Gasteiger partial charge in [0.2, 0.25) is 0 Å². The van der Waals surface area contributed by atoms with Crippen molar-refractivity contribution in [2.75, 3.05) is 0 Å². The van der Waals surface area contributed by atoms with E-state index in [1.165, 1.54) is 0 Å². The van der Waals surface area contributed by atoms with Crippen LogP contribution in [0.4, 0.5) is 0 Å². The van der Waals surface area contributed by atoms with Crippen LogP contribution in [0.15, 0.2) is 0 Å². The average molecular weight is 219 g/mol. The van der Waals surface area contributed by atoms with Gasteiger partial charge in [0.1, 0.15) is 0 Å². The normalized spacial score (nSPS) is 0. The van der Waals surface area contributed by atoms with Gasteiger partial charge in [-0.25, -0.2) is 0 Å². The van der Waals surface area contributed by atoms with E-state index >= 15 is 0 Å². The quantitative estimate of drug-likeness (QED) is 0.380. The maximum atomic E-state index is 0. The molecule has 4 heavy (non-hydrogen) atoms. The minimum Gasteiger partial charge on any atom is -1.00 e. The molecule has 0 aliphatic carbocycles. The van der Waals surface area contributed by atoms with Gasteiger partial charge in [0.25, 0.3) is 0 Å². The third-order valence-electron chi connectivity index (χ3n) is 0. The van der Waals surface area contributed by atoms with E-state index in [0.29, 0.717) is 0 Å². The Kier molecular flexibility index (Phi) is 233. The predicted octanol–water partition coefficient (Wildman–Crippen LogP) is -9.37. The van der Waals surface area contributed by atoms with Crippen molar-refractivity contribution in [3.05, 3.63) is 0 Å². The number of rotatable bonds is 0. The van der Waals surface area contributed by atoms with Crippen molar-refractivity contribution < 1.29 is 37.2 Å². The molecular weight excluding hydrogens is 219 g/mol. The topological polar surface area (TPSA) is 0 Å². The van der Waals surface area contributed by atoms with E-state index < -0.39 is 0 Å². The molecule has 0 aromatic heterocycles. The second-order valence-electron chi connectivity index (χ2n) is 0. The molecule has 0 saturated carbocycles. The molecule has 24 valence electrons. The summed E-state index contributed by atoms with van der Waals surface area (Å²) in [5, 5.41) is 0. The zero-order chi connectivity index (χ0) is 0. The van der Waals surface area contributed by atoms with Gasteiger partial charge in [-0.15, -0.1) is 0 Å². The van der Waals surface area contributed by atoms with Crippen molar-refractivity contribution in [1.82, 2.24) is 0 Å². The number of hydrogen-bond acceptors (Lipinski definition) is 0. The molecule has 0 rings (SSSR count). The van der Waals surface area contributed by atoms with Crippen LogP contribution in [0.5, 0.6) is 0 Å². The molecule has 0 aromatic carbocycles. The molecule has 0 bridgehead atoms. The summed E-state index contributed by atoms with van der Waals surface area (Å²) in [5.41, 5.74) is 0. The van der Waals surface area contributed by atoms with Gasteiger partial charge in [-0.2, -0.15) is 0 Å². The first-order valence-electron chi connectivity index (χ1n) is 0. The molecule has 0 spiro atoms. The van der Waals surface area contributed by atoms with Gasteiger partial charge in [0.05, 0.1) is 0 Å². The van der Waals surface area contributed by atoms with Crippen molar-refractivity contribution in [1.29, 1.82) is 0 Å². The largest absolute Gasteiger partial charge is 3.00 e. The van der Waals surface area contributed by atoms with Crippen LogP contribution in [0, 0.1) is 0 Å². The van der Waals surface area contributed by atoms with Gasteiger partial charge in [0.15, 0.2) is 0 Å². The fraction of sp³-hybridized carbons (Fsp3) is 0. The zero-order valence-corrected chi connectivity index (χ0v) is 7.27. The summed E-state index contributed by atoms with van der Waals surface area (Å²) in [7, 11) is 0. The Balaban J connectivity index is 0. The van der Waals surface area contributed by atoms with Crippen LogP contribution in [0.25, 0.3) is 0 Å². The summed E-state index contributed by atoms with van der Waals surface area (Å²) in [6.07, 6.45) is 0. The van der Waals surface area contributed by atoms with Gasteiger partial charge in [-0.05, 0) is 0 Å². The summed E-state index contributed by atoms with van der Waals surface area (Å²) >= 11 is 0. The molecule has 0 N–H and O–H groups in total. The van der Waals surface area contributed by atoms with Crippen LogP contribution in [-0.4, -0.2) is 25.8 Å². The van der Waals surface area contributed by atoms with Crippen LogP contribution < -0.4 is 37.2 Å². The first kappa shape index (κ1) is 42.6. The van der Waals surface area contributed by atoms with E-state index in [-0.39, 0.29) is 63.1 Å². The number of halogens is 3. The molecule has 0 heterocycles. The first-order chi connectivity index (χ1) is 0. The van der Waals surface area contributed by atoms with E-state index in [4.69, 9.17) is 0 Å². The molecule has 4 heteroatoms. The molecule has 0 unspecified atom stereocenters. The van der Waals surface area contributed by atoms with Crippen molar-refractivity contribution >= 4 is 25.8 Å². The SMILES string of the molecule is [113In+3].[Cl-].[Cl-].[Cl-]. The molecule has 0 fully saturated rings. The van der Waals surface area contributed by atoms with Gasteiger partial charge < -0.3 is 37.2 Å². The smallest absolute Gasteiger partial charge is 1.00 e. The molecule has 0 amide bonds. The monoisotopic (exact) mass is 218 g/mol. The minimum absolute atomic E-state index is 0. The minimum atomic E-state index is 0. The predicted molar refractivity (Wildman–Crippen MR) is 5.75 cm³/mol. The Morgan fingerprint density at radius 2 is 0.500 bits per heavy atom. The van der Waals surface area contributed by atoms with Crippen LogP contribution in [0.3, 0.4) is 0 Å².